The Morgan fingerprint density at radius 2 is 1.73 bits per heavy atom. The minimum atomic E-state index is -0.101. The van der Waals surface area contributed by atoms with Crippen LogP contribution in [0.4, 0.5) is 5.69 Å². The summed E-state index contributed by atoms with van der Waals surface area (Å²) < 4.78 is 0. The van der Waals surface area contributed by atoms with Crippen molar-refractivity contribution >= 4 is 40.9 Å². The van der Waals surface area contributed by atoms with Gasteiger partial charge in [0.2, 0.25) is 11.8 Å². The van der Waals surface area contributed by atoms with Gasteiger partial charge < -0.3 is 10.6 Å². The first-order chi connectivity index (χ1) is 12.4. The van der Waals surface area contributed by atoms with Gasteiger partial charge in [-0.3, -0.25) is 9.59 Å². The quantitative estimate of drug-likeness (QED) is 0.408. The normalized spacial score (nSPS) is 10.4. The zero-order chi connectivity index (χ0) is 18.9. The van der Waals surface area contributed by atoms with E-state index in [2.05, 4.69) is 20.6 Å². The zero-order valence-corrected chi connectivity index (χ0v) is 16.3. The molecule has 26 heavy (non-hydrogen) atoms. The summed E-state index contributed by atoms with van der Waals surface area (Å²) in [5.41, 5.74) is 2.47. The number of thioether (sulfide) groups is 1. The first-order valence-electron chi connectivity index (χ1n) is 8.19. The maximum atomic E-state index is 11.9. The topological polar surface area (TPSA) is 84.0 Å². The Balaban J connectivity index is 1.62. The number of aromatic nitrogens is 2. The molecule has 1 aromatic heterocycles. The number of benzene rings is 1. The van der Waals surface area contributed by atoms with Crippen molar-refractivity contribution in [3.05, 3.63) is 46.7 Å². The highest BCUT2D eigenvalue weighted by Gasteiger charge is 2.07. The van der Waals surface area contributed by atoms with E-state index in [1.165, 1.54) is 11.8 Å². The fraction of sp³-hybridized carbons (Fsp3) is 0.333. The van der Waals surface area contributed by atoms with E-state index >= 15 is 0 Å². The number of rotatable bonds is 8. The Hall–Kier alpha value is -2.12. The van der Waals surface area contributed by atoms with Gasteiger partial charge in [-0.2, -0.15) is 0 Å². The van der Waals surface area contributed by atoms with E-state index in [1.54, 1.807) is 24.3 Å². The summed E-state index contributed by atoms with van der Waals surface area (Å²) >= 11 is 7.10. The average Bonchev–Trinajstić information content (AvgIpc) is 2.58. The molecule has 2 rings (SSSR count). The largest absolute Gasteiger partial charge is 0.355 e. The standard InChI is InChI=1S/C18H21ClN4O2S/c1-12-10-13(2)22-18(21-12)26-11-17(25)20-9-3-4-16(24)23-15-7-5-14(19)6-8-15/h5-8,10H,3-4,9,11H2,1-2H3,(H,20,25)(H,23,24). The van der Waals surface area contributed by atoms with Crippen LogP contribution >= 0.6 is 23.4 Å². The molecular weight excluding hydrogens is 372 g/mol. The van der Waals surface area contributed by atoms with Crippen LogP contribution < -0.4 is 10.6 Å². The van der Waals surface area contributed by atoms with E-state index in [-0.39, 0.29) is 17.6 Å². The van der Waals surface area contributed by atoms with E-state index in [9.17, 15) is 9.59 Å². The second-order valence-electron chi connectivity index (χ2n) is 5.73. The zero-order valence-electron chi connectivity index (χ0n) is 14.7. The van der Waals surface area contributed by atoms with Crippen LogP contribution in [0.5, 0.6) is 0 Å². The molecule has 0 aliphatic rings. The smallest absolute Gasteiger partial charge is 0.230 e. The first kappa shape index (κ1) is 20.2. The number of nitrogens with one attached hydrogen (secondary N) is 2. The lowest BCUT2D eigenvalue weighted by molar-refractivity contribution is -0.119. The number of carbonyl (C=O) groups excluding carboxylic acids is 2. The molecular formula is C18H21ClN4O2S. The van der Waals surface area contributed by atoms with Crippen molar-refractivity contribution in [3.8, 4) is 0 Å². The van der Waals surface area contributed by atoms with Gasteiger partial charge in [0.25, 0.3) is 0 Å². The molecule has 2 N–H and O–H groups in total. The van der Waals surface area contributed by atoms with E-state index in [4.69, 9.17) is 11.6 Å². The SMILES string of the molecule is Cc1cc(C)nc(SCC(=O)NCCCC(=O)Nc2ccc(Cl)cc2)n1. The number of aryl methyl sites for hydroxylation is 2. The summed E-state index contributed by atoms with van der Waals surface area (Å²) in [6, 6.07) is 8.81. The number of halogens is 1. The monoisotopic (exact) mass is 392 g/mol. The fourth-order valence-corrected chi connectivity index (χ4v) is 3.08. The Morgan fingerprint density at radius 3 is 2.38 bits per heavy atom. The minimum absolute atomic E-state index is 0.0976. The van der Waals surface area contributed by atoms with Crippen LogP contribution in [0.1, 0.15) is 24.2 Å². The summed E-state index contributed by atoms with van der Waals surface area (Å²) in [5.74, 6) is 0.0512. The molecule has 0 aliphatic carbocycles. The van der Waals surface area contributed by atoms with Gasteiger partial charge in [0.1, 0.15) is 0 Å². The lowest BCUT2D eigenvalue weighted by Gasteiger charge is -2.07. The highest BCUT2D eigenvalue weighted by Crippen LogP contribution is 2.14. The molecule has 0 unspecified atom stereocenters. The number of hydrogen-bond donors (Lipinski definition) is 2. The summed E-state index contributed by atoms with van der Waals surface area (Å²) in [6.45, 7) is 4.24. The predicted molar refractivity (Wildman–Crippen MR) is 105 cm³/mol. The van der Waals surface area contributed by atoms with Gasteiger partial charge in [-0.25, -0.2) is 9.97 Å². The average molecular weight is 393 g/mol. The summed E-state index contributed by atoms with van der Waals surface area (Å²) in [4.78, 5) is 32.3. The first-order valence-corrected chi connectivity index (χ1v) is 9.56. The molecule has 0 fully saturated rings. The van der Waals surface area contributed by atoms with Gasteiger partial charge >= 0.3 is 0 Å². The lowest BCUT2D eigenvalue weighted by atomic mass is 10.2. The number of nitrogens with zero attached hydrogens (tertiary/aromatic N) is 2. The third-order valence-electron chi connectivity index (χ3n) is 3.32. The summed E-state index contributed by atoms with van der Waals surface area (Å²) in [7, 11) is 0. The summed E-state index contributed by atoms with van der Waals surface area (Å²) in [5, 5.41) is 6.80. The second kappa shape index (κ2) is 10.1. The molecule has 0 aliphatic heterocycles. The molecule has 1 heterocycles. The molecule has 138 valence electrons. The van der Waals surface area contributed by atoms with Crippen LogP contribution in [0.15, 0.2) is 35.5 Å². The van der Waals surface area contributed by atoms with Crippen LogP contribution in [-0.4, -0.2) is 34.1 Å². The second-order valence-corrected chi connectivity index (χ2v) is 7.11. The van der Waals surface area contributed by atoms with E-state index in [0.29, 0.717) is 35.3 Å². The number of anilines is 1. The Morgan fingerprint density at radius 1 is 1.08 bits per heavy atom. The van der Waals surface area contributed by atoms with Crippen molar-refractivity contribution in [2.75, 3.05) is 17.6 Å². The number of amides is 2. The highest BCUT2D eigenvalue weighted by atomic mass is 35.5. The maximum absolute atomic E-state index is 11.9. The Kier molecular flexibility index (Phi) is 7.87. The van der Waals surface area contributed by atoms with Crippen LogP contribution in [0.2, 0.25) is 5.02 Å². The van der Waals surface area contributed by atoms with Gasteiger partial charge in [0.05, 0.1) is 5.75 Å². The Bertz CT molecular complexity index is 748. The van der Waals surface area contributed by atoms with Crippen molar-refractivity contribution in [1.82, 2.24) is 15.3 Å². The molecule has 0 spiro atoms. The Labute approximate surface area is 162 Å². The van der Waals surface area contributed by atoms with Crippen LogP contribution in [0.3, 0.4) is 0 Å². The minimum Gasteiger partial charge on any atom is -0.355 e. The van der Waals surface area contributed by atoms with E-state index in [1.807, 2.05) is 19.9 Å². The molecule has 2 amide bonds. The molecule has 8 heteroatoms. The van der Waals surface area contributed by atoms with Crippen molar-refractivity contribution in [2.24, 2.45) is 0 Å². The third-order valence-corrected chi connectivity index (χ3v) is 4.42. The molecule has 0 saturated carbocycles. The van der Waals surface area contributed by atoms with E-state index in [0.717, 1.165) is 11.4 Å². The number of hydrogen-bond acceptors (Lipinski definition) is 5. The molecule has 0 saturated heterocycles. The molecule has 0 radical (unpaired) electrons. The summed E-state index contributed by atoms with van der Waals surface area (Å²) in [6.07, 6.45) is 0.895. The van der Waals surface area contributed by atoms with Crippen molar-refractivity contribution in [1.29, 1.82) is 0 Å². The number of carbonyl (C=O) groups is 2. The highest BCUT2D eigenvalue weighted by molar-refractivity contribution is 7.99. The molecule has 6 nitrogen and oxygen atoms in total. The fourth-order valence-electron chi connectivity index (χ4n) is 2.17. The predicted octanol–water partition coefficient (Wildman–Crippen LogP) is 3.37. The van der Waals surface area contributed by atoms with Crippen LogP contribution in [-0.2, 0) is 9.59 Å². The van der Waals surface area contributed by atoms with Crippen molar-refractivity contribution in [2.45, 2.75) is 31.8 Å². The van der Waals surface area contributed by atoms with Gasteiger partial charge in [-0.1, -0.05) is 23.4 Å². The molecule has 1 aromatic carbocycles. The van der Waals surface area contributed by atoms with Crippen LogP contribution in [0.25, 0.3) is 0 Å². The lowest BCUT2D eigenvalue weighted by Crippen LogP contribution is -2.27. The van der Waals surface area contributed by atoms with Gasteiger partial charge in [-0.15, -0.1) is 0 Å². The van der Waals surface area contributed by atoms with E-state index < -0.39 is 0 Å². The molecule has 0 bridgehead atoms. The molecule has 2 aromatic rings. The van der Waals surface area contributed by atoms with Crippen molar-refractivity contribution in [3.63, 3.8) is 0 Å². The van der Waals surface area contributed by atoms with Gasteiger partial charge in [0.15, 0.2) is 5.16 Å². The molecule has 0 atom stereocenters. The van der Waals surface area contributed by atoms with Gasteiger partial charge in [0, 0.05) is 35.1 Å². The third kappa shape index (κ3) is 7.41. The maximum Gasteiger partial charge on any atom is 0.230 e. The van der Waals surface area contributed by atoms with Crippen LogP contribution in [0, 0.1) is 13.8 Å². The van der Waals surface area contributed by atoms with Gasteiger partial charge in [-0.05, 0) is 50.6 Å². The van der Waals surface area contributed by atoms with Crippen molar-refractivity contribution < 1.29 is 9.59 Å².